The molecule has 0 aliphatic heterocycles. The van der Waals surface area contributed by atoms with Crippen molar-refractivity contribution in [2.45, 2.75) is 0 Å². The van der Waals surface area contributed by atoms with E-state index < -0.39 is 79.2 Å². The van der Waals surface area contributed by atoms with Crippen molar-refractivity contribution in [3.8, 4) is 22.6 Å². The van der Waals surface area contributed by atoms with Crippen molar-refractivity contribution in [2.24, 2.45) is 0 Å². The van der Waals surface area contributed by atoms with Gasteiger partial charge in [0.25, 0.3) is 0 Å². The second-order valence-electron chi connectivity index (χ2n) is 6.89. The molecule has 2 nitrogen and oxygen atoms in total. The summed E-state index contributed by atoms with van der Waals surface area (Å²) in [5.74, 6) is -16.8. The van der Waals surface area contributed by atoms with Gasteiger partial charge >= 0.3 is 0 Å². The first-order valence-corrected chi connectivity index (χ1v) is 10.6. The Labute approximate surface area is 202 Å². The lowest BCUT2D eigenvalue weighted by atomic mass is 9.91. The number of fused-ring (bicyclic) bond motifs is 2. The molecule has 0 radical (unpaired) electrons. The molecule has 178 valence electrons. The second-order valence-corrected chi connectivity index (χ2v) is 8.60. The van der Waals surface area contributed by atoms with Crippen molar-refractivity contribution in [2.75, 3.05) is 14.2 Å². The van der Waals surface area contributed by atoms with Gasteiger partial charge in [0, 0.05) is 32.7 Å². The normalized spacial score (nSPS) is 11.5. The Bertz CT molecular complexity index is 1420. The Balaban J connectivity index is 2.45. The van der Waals surface area contributed by atoms with E-state index in [-0.39, 0.29) is 20.4 Å². The van der Waals surface area contributed by atoms with Crippen LogP contribution in [-0.2, 0) is 0 Å². The number of rotatable bonds is 3. The molecule has 4 aromatic rings. The Kier molecular flexibility index (Phi) is 6.17. The molecule has 4 rings (SSSR count). The molecule has 0 spiro atoms. The highest BCUT2D eigenvalue weighted by atomic mass is 79.9. The summed E-state index contributed by atoms with van der Waals surface area (Å²) in [6.07, 6.45) is 0. The first kappa shape index (κ1) is 24.5. The molecule has 0 saturated heterocycles. The molecule has 0 unspecified atom stereocenters. The number of halogens is 10. The van der Waals surface area contributed by atoms with Gasteiger partial charge in [-0.25, -0.2) is 35.1 Å². The number of methoxy groups -OCH3 is 2. The minimum Gasteiger partial charge on any atom is -0.495 e. The summed E-state index contributed by atoms with van der Waals surface area (Å²) < 4.78 is 126. The third-order valence-corrected chi connectivity index (χ3v) is 6.37. The van der Waals surface area contributed by atoms with Gasteiger partial charge in [0.05, 0.1) is 23.2 Å². The highest BCUT2D eigenvalue weighted by molar-refractivity contribution is 9.11. The van der Waals surface area contributed by atoms with E-state index >= 15 is 8.78 Å². The molecule has 0 aliphatic carbocycles. The Hall–Kier alpha value is -2.60. The van der Waals surface area contributed by atoms with Crippen LogP contribution in [0.4, 0.5) is 35.1 Å². The van der Waals surface area contributed by atoms with E-state index in [2.05, 4.69) is 31.9 Å². The van der Waals surface area contributed by atoms with Crippen LogP contribution < -0.4 is 9.47 Å². The third-order valence-electron chi connectivity index (χ3n) is 5.20. The van der Waals surface area contributed by atoms with Crippen LogP contribution in [0.15, 0.2) is 21.1 Å². The van der Waals surface area contributed by atoms with Gasteiger partial charge < -0.3 is 9.47 Å². The first-order valence-electron chi connectivity index (χ1n) is 9.02. The summed E-state index contributed by atoms with van der Waals surface area (Å²) in [6.45, 7) is 0. The molecule has 0 N–H and O–H groups in total. The van der Waals surface area contributed by atoms with E-state index in [0.717, 1.165) is 26.4 Å². The van der Waals surface area contributed by atoms with Crippen molar-refractivity contribution in [1.82, 2.24) is 0 Å². The smallest absolute Gasteiger partial charge is 0.198 e. The SMILES string of the molecule is COc1c(Br)cc2c(F)c(F)c(F)c(F)c2c1-c1c(OC)c(Br)cc2c(F)c(F)c(F)c(F)c12. The molecule has 4 aromatic carbocycles. The van der Waals surface area contributed by atoms with Crippen LogP contribution in [0.1, 0.15) is 0 Å². The molecule has 34 heavy (non-hydrogen) atoms. The average molecular weight is 616 g/mol. The molecule has 12 heteroatoms. The molecule has 0 bridgehead atoms. The van der Waals surface area contributed by atoms with E-state index in [9.17, 15) is 26.3 Å². The number of hydrogen-bond donors (Lipinski definition) is 0. The van der Waals surface area contributed by atoms with Crippen LogP contribution in [0.2, 0.25) is 0 Å². The van der Waals surface area contributed by atoms with Crippen LogP contribution in [0, 0.1) is 46.5 Å². The summed E-state index contributed by atoms with van der Waals surface area (Å²) in [6, 6.07) is 1.75. The lowest BCUT2D eigenvalue weighted by Crippen LogP contribution is -2.05. The summed E-state index contributed by atoms with van der Waals surface area (Å²) in [7, 11) is 2.13. The van der Waals surface area contributed by atoms with Gasteiger partial charge in [-0.3, -0.25) is 0 Å². The van der Waals surface area contributed by atoms with E-state index in [1.165, 1.54) is 0 Å². The van der Waals surface area contributed by atoms with Gasteiger partial charge in [0.1, 0.15) is 11.5 Å². The summed E-state index contributed by atoms with van der Waals surface area (Å²) >= 11 is 6.06. The van der Waals surface area contributed by atoms with Crippen molar-refractivity contribution in [1.29, 1.82) is 0 Å². The number of benzene rings is 4. The highest BCUT2D eigenvalue weighted by Crippen LogP contribution is 2.52. The molecular weight excluding hydrogens is 608 g/mol. The van der Waals surface area contributed by atoms with E-state index in [1.54, 1.807) is 0 Å². The maximum absolute atomic E-state index is 15.1. The van der Waals surface area contributed by atoms with Crippen LogP contribution in [0.3, 0.4) is 0 Å². The molecule has 0 amide bonds. The predicted molar refractivity (Wildman–Crippen MR) is 115 cm³/mol. The Morgan fingerprint density at radius 2 is 0.794 bits per heavy atom. The standard InChI is InChI=1S/C22H8Br2F8O2/c1-33-21-7(23)3-5-9(15(27)19(31)17(29)13(5)25)11(21)12-10-6(4-8(24)22(12)34-2)14(26)18(30)20(32)16(10)28/h3-4H,1-2H3. The lowest BCUT2D eigenvalue weighted by molar-refractivity contribution is 0.405. The largest absolute Gasteiger partial charge is 0.495 e. The fourth-order valence-electron chi connectivity index (χ4n) is 3.78. The van der Waals surface area contributed by atoms with E-state index in [0.29, 0.717) is 0 Å². The van der Waals surface area contributed by atoms with Crippen molar-refractivity contribution in [3.63, 3.8) is 0 Å². The van der Waals surface area contributed by atoms with Crippen LogP contribution in [-0.4, -0.2) is 14.2 Å². The lowest BCUT2D eigenvalue weighted by Gasteiger charge is -2.21. The zero-order valence-electron chi connectivity index (χ0n) is 16.8. The molecule has 0 aromatic heterocycles. The summed E-state index contributed by atoms with van der Waals surface area (Å²) in [5, 5.41) is -3.51. The molecule has 0 fully saturated rings. The summed E-state index contributed by atoms with van der Waals surface area (Å²) in [4.78, 5) is 0. The first-order chi connectivity index (χ1) is 16.0. The molecule has 0 saturated carbocycles. The molecule has 0 atom stereocenters. The van der Waals surface area contributed by atoms with Gasteiger partial charge in [-0.1, -0.05) is 0 Å². The van der Waals surface area contributed by atoms with Gasteiger partial charge in [-0.2, -0.15) is 0 Å². The zero-order valence-corrected chi connectivity index (χ0v) is 19.9. The van der Waals surface area contributed by atoms with Gasteiger partial charge in [0.15, 0.2) is 46.5 Å². The van der Waals surface area contributed by atoms with Gasteiger partial charge in [-0.15, -0.1) is 0 Å². The second kappa shape index (κ2) is 8.56. The molecule has 0 aliphatic rings. The molecule has 0 heterocycles. The average Bonchev–Trinajstić information content (AvgIpc) is 2.81. The minimum atomic E-state index is -2.20. The molecular formula is C22H8Br2F8O2. The fraction of sp³-hybridized carbons (Fsp3) is 0.0909. The van der Waals surface area contributed by atoms with Crippen molar-refractivity contribution >= 4 is 53.4 Å². The zero-order chi connectivity index (χ0) is 25.2. The Morgan fingerprint density at radius 1 is 0.500 bits per heavy atom. The van der Waals surface area contributed by atoms with Gasteiger partial charge in [0.2, 0.25) is 0 Å². The minimum absolute atomic E-state index is 0.138. The van der Waals surface area contributed by atoms with Crippen LogP contribution >= 0.6 is 31.9 Å². The maximum Gasteiger partial charge on any atom is 0.198 e. The van der Waals surface area contributed by atoms with E-state index in [1.807, 2.05) is 0 Å². The maximum atomic E-state index is 15.1. The van der Waals surface area contributed by atoms with Crippen molar-refractivity contribution in [3.05, 3.63) is 67.6 Å². The van der Waals surface area contributed by atoms with Crippen LogP contribution in [0.25, 0.3) is 32.7 Å². The predicted octanol–water partition coefficient (Wildman–Crippen LogP) is 8.32. The Morgan fingerprint density at radius 3 is 1.09 bits per heavy atom. The topological polar surface area (TPSA) is 18.5 Å². The van der Waals surface area contributed by atoms with Crippen molar-refractivity contribution < 1.29 is 44.6 Å². The quantitative estimate of drug-likeness (QED) is 0.131. The summed E-state index contributed by atoms with van der Waals surface area (Å²) in [5.41, 5.74) is -1.29. The number of hydrogen-bond acceptors (Lipinski definition) is 2. The van der Waals surface area contributed by atoms with Crippen LogP contribution in [0.5, 0.6) is 11.5 Å². The fourth-order valence-corrected chi connectivity index (χ4v) is 4.96. The van der Waals surface area contributed by atoms with Gasteiger partial charge in [-0.05, 0) is 44.0 Å². The highest BCUT2D eigenvalue weighted by Gasteiger charge is 2.32. The third kappa shape index (κ3) is 3.25. The van der Waals surface area contributed by atoms with E-state index in [4.69, 9.17) is 9.47 Å². The number of ether oxygens (including phenoxy) is 2. The monoisotopic (exact) mass is 614 g/mol.